The first-order valence-electron chi connectivity index (χ1n) is 6.23. The van der Waals surface area contributed by atoms with Crippen molar-refractivity contribution < 1.29 is 4.74 Å². The van der Waals surface area contributed by atoms with Gasteiger partial charge in [0.1, 0.15) is 0 Å². The molecule has 2 unspecified atom stereocenters. The molecule has 0 saturated carbocycles. The van der Waals surface area contributed by atoms with Crippen molar-refractivity contribution in [3.05, 3.63) is 35.4 Å². The molecule has 1 heterocycles. The van der Waals surface area contributed by atoms with Gasteiger partial charge in [-0.15, -0.1) is 0 Å². The fourth-order valence-electron chi connectivity index (χ4n) is 2.04. The highest BCUT2D eigenvalue weighted by molar-refractivity contribution is 5.24. The Morgan fingerprint density at radius 1 is 1.31 bits per heavy atom. The zero-order valence-electron chi connectivity index (χ0n) is 10.2. The van der Waals surface area contributed by atoms with Crippen LogP contribution in [0.3, 0.4) is 0 Å². The summed E-state index contributed by atoms with van der Waals surface area (Å²) >= 11 is 0. The third-order valence-corrected chi connectivity index (χ3v) is 3.28. The fraction of sp³-hybridized carbons (Fsp3) is 0.571. The SMILES string of the molecule is CCc1ccc(C2CNC(C)CCO2)cc1. The minimum Gasteiger partial charge on any atom is -0.372 e. The van der Waals surface area contributed by atoms with Gasteiger partial charge in [-0.1, -0.05) is 31.2 Å². The number of ether oxygens (including phenoxy) is 1. The standard InChI is InChI=1S/C14H21NO/c1-3-12-4-6-13(7-5-12)14-10-15-11(2)8-9-16-14/h4-7,11,14-15H,3,8-10H2,1-2H3. The number of nitrogens with one attached hydrogen (secondary N) is 1. The Kier molecular flexibility index (Phi) is 3.97. The average Bonchev–Trinajstić information content (AvgIpc) is 2.54. The maximum Gasteiger partial charge on any atom is 0.0949 e. The van der Waals surface area contributed by atoms with E-state index in [1.165, 1.54) is 11.1 Å². The number of rotatable bonds is 2. The molecule has 0 amide bonds. The number of benzene rings is 1. The first-order chi connectivity index (χ1) is 7.79. The van der Waals surface area contributed by atoms with Crippen molar-refractivity contribution in [3.63, 3.8) is 0 Å². The monoisotopic (exact) mass is 219 g/mol. The Bertz CT molecular complexity index is 320. The Balaban J connectivity index is 2.04. The first-order valence-corrected chi connectivity index (χ1v) is 6.23. The lowest BCUT2D eigenvalue weighted by atomic mass is 10.1. The predicted molar refractivity (Wildman–Crippen MR) is 66.6 cm³/mol. The molecule has 0 radical (unpaired) electrons. The van der Waals surface area contributed by atoms with Crippen LogP contribution < -0.4 is 5.32 Å². The summed E-state index contributed by atoms with van der Waals surface area (Å²) in [4.78, 5) is 0. The summed E-state index contributed by atoms with van der Waals surface area (Å²) < 4.78 is 5.87. The maximum atomic E-state index is 5.87. The fourth-order valence-corrected chi connectivity index (χ4v) is 2.04. The molecule has 2 rings (SSSR count). The van der Waals surface area contributed by atoms with Crippen molar-refractivity contribution in [2.45, 2.75) is 38.8 Å². The molecule has 1 aliphatic rings. The van der Waals surface area contributed by atoms with Crippen LogP contribution in [0.4, 0.5) is 0 Å². The molecule has 88 valence electrons. The molecular weight excluding hydrogens is 198 g/mol. The highest BCUT2D eigenvalue weighted by atomic mass is 16.5. The van der Waals surface area contributed by atoms with Crippen LogP contribution >= 0.6 is 0 Å². The third kappa shape index (κ3) is 2.83. The summed E-state index contributed by atoms with van der Waals surface area (Å²) in [5.41, 5.74) is 2.68. The van der Waals surface area contributed by atoms with Gasteiger partial charge in [-0.3, -0.25) is 0 Å². The summed E-state index contributed by atoms with van der Waals surface area (Å²) in [6.07, 6.45) is 2.42. The lowest BCUT2D eigenvalue weighted by Gasteiger charge is -2.16. The Morgan fingerprint density at radius 2 is 2.06 bits per heavy atom. The van der Waals surface area contributed by atoms with E-state index in [1.54, 1.807) is 0 Å². The van der Waals surface area contributed by atoms with Gasteiger partial charge in [0.2, 0.25) is 0 Å². The molecule has 1 fully saturated rings. The van der Waals surface area contributed by atoms with Crippen molar-refractivity contribution in [3.8, 4) is 0 Å². The molecule has 0 bridgehead atoms. The topological polar surface area (TPSA) is 21.3 Å². The third-order valence-electron chi connectivity index (χ3n) is 3.28. The van der Waals surface area contributed by atoms with Gasteiger partial charge in [0.25, 0.3) is 0 Å². The molecule has 0 aromatic heterocycles. The zero-order valence-corrected chi connectivity index (χ0v) is 10.2. The van der Waals surface area contributed by atoms with Gasteiger partial charge in [0.15, 0.2) is 0 Å². The normalized spacial score (nSPS) is 26.4. The molecule has 0 spiro atoms. The van der Waals surface area contributed by atoms with Gasteiger partial charge in [0.05, 0.1) is 6.10 Å². The minimum atomic E-state index is 0.218. The molecular formula is C14H21NO. The van der Waals surface area contributed by atoms with Crippen LogP contribution in [0.15, 0.2) is 24.3 Å². The van der Waals surface area contributed by atoms with Crippen LogP contribution in [-0.4, -0.2) is 19.2 Å². The second kappa shape index (κ2) is 5.46. The van der Waals surface area contributed by atoms with E-state index in [-0.39, 0.29) is 6.10 Å². The number of hydrogen-bond acceptors (Lipinski definition) is 2. The first kappa shape index (κ1) is 11.6. The average molecular weight is 219 g/mol. The van der Waals surface area contributed by atoms with Crippen molar-refractivity contribution in [1.29, 1.82) is 0 Å². The van der Waals surface area contributed by atoms with E-state index in [9.17, 15) is 0 Å². The van der Waals surface area contributed by atoms with Crippen LogP contribution in [0.5, 0.6) is 0 Å². The van der Waals surface area contributed by atoms with Crippen molar-refractivity contribution in [2.75, 3.05) is 13.2 Å². The van der Waals surface area contributed by atoms with Crippen LogP contribution in [0, 0.1) is 0 Å². The Hall–Kier alpha value is -0.860. The molecule has 0 aliphatic carbocycles. The Labute approximate surface area is 98.0 Å². The van der Waals surface area contributed by atoms with E-state index in [4.69, 9.17) is 4.74 Å². The van der Waals surface area contributed by atoms with Crippen LogP contribution in [0.2, 0.25) is 0 Å². The Morgan fingerprint density at radius 3 is 2.75 bits per heavy atom. The van der Waals surface area contributed by atoms with E-state index in [1.807, 2.05) is 0 Å². The summed E-state index contributed by atoms with van der Waals surface area (Å²) in [6.45, 7) is 6.17. The van der Waals surface area contributed by atoms with Gasteiger partial charge in [-0.25, -0.2) is 0 Å². The van der Waals surface area contributed by atoms with Crippen molar-refractivity contribution in [1.82, 2.24) is 5.32 Å². The van der Waals surface area contributed by atoms with Crippen LogP contribution in [-0.2, 0) is 11.2 Å². The number of aryl methyl sites for hydroxylation is 1. The van der Waals surface area contributed by atoms with Gasteiger partial charge < -0.3 is 10.1 Å². The van der Waals surface area contributed by atoms with E-state index in [0.717, 1.165) is 26.0 Å². The molecule has 1 saturated heterocycles. The highest BCUT2D eigenvalue weighted by Gasteiger charge is 2.17. The summed E-state index contributed by atoms with van der Waals surface area (Å²) in [5, 5.41) is 3.50. The molecule has 16 heavy (non-hydrogen) atoms. The van der Waals surface area contributed by atoms with Gasteiger partial charge in [-0.05, 0) is 30.9 Å². The summed E-state index contributed by atoms with van der Waals surface area (Å²) in [6, 6.07) is 9.36. The quantitative estimate of drug-likeness (QED) is 0.825. The summed E-state index contributed by atoms with van der Waals surface area (Å²) in [5.74, 6) is 0. The molecule has 2 nitrogen and oxygen atoms in total. The van der Waals surface area contributed by atoms with Gasteiger partial charge >= 0.3 is 0 Å². The van der Waals surface area contributed by atoms with E-state index in [2.05, 4.69) is 43.4 Å². The summed E-state index contributed by atoms with van der Waals surface area (Å²) in [7, 11) is 0. The van der Waals surface area contributed by atoms with E-state index in [0.29, 0.717) is 6.04 Å². The highest BCUT2D eigenvalue weighted by Crippen LogP contribution is 2.20. The molecule has 2 atom stereocenters. The van der Waals surface area contributed by atoms with Crippen molar-refractivity contribution >= 4 is 0 Å². The maximum absolute atomic E-state index is 5.87. The lowest BCUT2D eigenvalue weighted by Crippen LogP contribution is -2.27. The van der Waals surface area contributed by atoms with Crippen LogP contribution in [0.25, 0.3) is 0 Å². The van der Waals surface area contributed by atoms with Gasteiger partial charge in [0, 0.05) is 19.2 Å². The lowest BCUT2D eigenvalue weighted by molar-refractivity contribution is 0.0664. The van der Waals surface area contributed by atoms with E-state index < -0.39 is 0 Å². The molecule has 1 aromatic carbocycles. The molecule has 1 N–H and O–H groups in total. The number of hydrogen-bond donors (Lipinski definition) is 1. The molecule has 1 aliphatic heterocycles. The van der Waals surface area contributed by atoms with Gasteiger partial charge in [-0.2, -0.15) is 0 Å². The van der Waals surface area contributed by atoms with Crippen molar-refractivity contribution in [2.24, 2.45) is 0 Å². The molecule has 1 aromatic rings. The minimum absolute atomic E-state index is 0.218. The van der Waals surface area contributed by atoms with E-state index >= 15 is 0 Å². The second-order valence-electron chi connectivity index (χ2n) is 4.55. The molecule has 2 heteroatoms. The predicted octanol–water partition coefficient (Wildman–Crippen LogP) is 2.69. The zero-order chi connectivity index (χ0) is 11.4. The second-order valence-corrected chi connectivity index (χ2v) is 4.55. The smallest absolute Gasteiger partial charge is 0.0949 e. The van der Waals surface area contributed by atoms with Crippen LogP contribution in [0.1, 0.15) is 37.5 Å². The largest absolute Gasteiger partial charge is 0.372 e.